The van der Waals surface area contributed by atoms with Gasteiger partial charge in [0.1, 0.15) is 5.75 Å². The summed E-state index contributed by atoms with van der Waals surface area (Å²) in [7, 11) is 0. The zero-order valence-electron chi connectivity index (χ0n) is 17.6. The lowest BCUT2D eigenvalue weighted by molar-refractivity contribution is -0.106. The molecule has 1 saturated heterocycles. The van der Waals surface area contributed by atoms with Crippen LogP contribution in [0.1, 0.15) is 42.7 Å². The Balaban J connectivity index is 0.000000806. The number of aromatic nitrogens is 1. The molecule has 1 aliphatic heterocycles. The van der Waals surface area contributed by atoms with Crippen LogP contribution in [0.4, 0.5) is 0 Å². The van der Waals surface area contributed by atoms with E-state index in [1.54, 1.807) is 12.1 Å². The number of hydrogen-bond donors (Lipinski definition) is 3. The highest BCUT2D eigenvalue weighted by Gasteiger charge is 2.38. The first-order valence-electron chi connectivity index (χ1n) is 11.0. The average molecular weight is 411 g/mol. The van der Waals surface area contributed by atoms with Crippen LogP contribution in [0.2, 0.25) is 0 Å². The third-order valence-electron chi connectivity index (χ3n) is 6.16. The molecule has 6 heteroatoms. The number of carbonyl (C=O) groups is 1. The van der Waals surface area contributed by atoms with E-state index in [-0.39, 0.29) is 6.41 Å². The lowest BCUT2D eigenvalue weighted by atomic mass is 9.96. The summed E-state index contributed by atoms with van der Waals surface area (Å²) in [4.78, 5) is 15.4. The van der Waals surface area contributed by atoms with Gasteiger partial charge in [-0.05, 0) is 93.5 Å². The number of phenolic OH excluding ortho intramolecular Hbond substituents is 1. The summed E-state index contributed by atoms with van der Waals surface area (Å²) >= 11 is 0. The van der Waals surface area contributed by atoms with Gasteiger partial charge in [-0.1, -0.05) is 18.2 Å². The second-order valence-corrected chi connectivity index (χ2v) is 8.33. The molecule has 2 aromatic rings. The van der Waals surface area contributed by atoms with E-state index in [4.69, 9.17) is 4.79 Å². The number of nitrogens with zero attached hydrogens (tertiary/aromatic N) is 2. The van der Waals surface area contributed by atoms with Crippen molar-refractivity contribution in [3.05, 3.63) is 59.9 Å². The molecule has 0 spiro atoms. The van der Waals surface area contributed by atoms with Crippen LogP contribution in [0.3, 0.4) is 0 Å². The number of carbonyl (C=O) groups excluding carboxylic acids is 1. The zero-order valence-corrected chi connectivity index (χ0v) is 17.6. The Hall–Kier alpha value is -2.44. The second kappa shape index (κ2) is 11.7. The molecule has 30 heavy (non-hydrogen) atoms. The highest BCUT2D eigenvalue weighted by Crippen LogP contribution is 2.40. The second-order valence-electron chi connectivity index (χ2n) is 8.33. The van der Waals surface area contributed by atoms with Crippen LogP contribution in [-0.2, 0) is 11.2 Å². The smallest absolute Gasteiger partial charge is 0.204 e. The molecule has 2 atom stereocenters. The molecular formula is C24H34N4O2. The zero-order chi connectivity index (χ0) is 21.2. The minimum Gasteiger partial charge on any atom is -0.508 e. The summed E-state index contributed by atoms with van der Waals surface area (Å²) in [5.41, 5.74) is 6.87. The van der Waals surface area contributed by atoms with Gasteiger partial charge in [0.25, 0.3) is 0 Å². The summed E-state index contributed by atoms with van der Waals surface area (Å²) < 4.78 is 0. The number of primary amides is 1. The van der Waals surface area contributed by atoms with Gasteiger partial charge in [-0.25, -0.2) is 0 Å². The van der Waals surface area contributed by atoms with Crippen LogP contribution in [0.25, 0.3) is 0 Å². The van der Waals surface area contributed by atoms with Crippen molar-refractivity contribution in [1.82, 2.24) is 15.2 Å². The summed E-state index contributed by atoms with van der Waals surface area (Å²) in [6.07, 6.45) is 10.3. The minimum absolute atomic E-state index is 0.250. The fraction of sp³-hybridized carbons (Fsp3) is 0.500. The fourth-order valence-corrected chi connectivity index (χ4v) is 4.29. The lowest BCUT2D eigenvalue weighted by Gasteiger charge is -2.32. The molecule has 0 bridgehead atoms. The van der Waals surface area contributed by atoms with Crippen LogP contribution >= 0.6 is 0 Å². The molecule has 1 aliphatic carbocycles. The maximum Gasteiger partial charge on any atom is 0.204 e. The van der Waals surface area contributed by atoms with Crippen LogP contribution in [0.5, 0.6) is 5.75 Å². The highest BCUT2D eigenvalue weighted by molar-refractivity contribution is 5.42. The average Bonchev–Trinajstić information content (AvgIpc) is 3.56. The quantitative estimate of drug-likeness (QED) is 0.582. The monoisotopic (exact) mass is 410 g/mol. The Labute approximate surface area is 179 Å². The number of nitrogens with two attached hydrogens (primary N) is 1. The number of benzene rings is 1. The first kappa shape index (κ1) is 22.2. The summed E-state index contributed by atoms with van der Waals surface area (Å²) in [5.74, 6) is 1.86. The lowest BCUT2D eigenvalue weighted by Crippen LogP contribution is -2.38. The predicted molar refractivity (Wildman–Crippen MR) is 119 cm³/mol. The van der Waals surface area contributed by atoms with Gasteiger partial charge in [0.15, 0.2) is 0 Å². The van der Waals surface area contributed by atoms with E-state index in [1.807, 2.05) is 30.6 Å². The number of pyridine rings is 1. The Kier molecular flexibility index (Phi) is 8.66. The summed E-state index contributed by atoms with van der Waals surface area (Å²) in [6, 6.07) is 12.5. The molecule has 1 aromatic carbocycles. The van der Waals surface area contributed by atoms with Gasteiger partial charge in [-0.15, -0.1) is 0 Å². The van der Waals surface area contributed by atoms with Crippen molar-refractivity contribution >= 4 is 6.41 Å². The number of piperidine rings is 1. The number of hydrogen-bond acceptors (Lipinski definition) is 5. The van der Waals surface area contributed by atoms with E-state index in [1.165, 1.54) is 63.0 Å². The van der Waals surface area contributed by atoms with Crippen LogP contribution in [0, 0.1) is 5.92 Å². The van der Waals surface area contributed by atoms with Crippen LogP contribution < -0.4 is 11.1 Å². The molecule has 1 saturated carbocycles. The number of nitrogens with one attached hydrogen (secondary N) is 1. The van der Waals surface area contributed by atoms with Crippen molar-refractivity contribution in [3.8, 4) is 5.75 Å². The van der Waals surface area contributed by atoms with Crippen molar-refractivity contribution < 1.29 is 9.90 Å². The highest BCUT2D eigenvalue weighted by atomic mass is 16.3. The van der Waals surface area contributed by atoms with Gasteiger partial charge in [0.2, 0.25) is 6.41 Å². The molecule has 0 radical (unpaired) electrons. The molecular weight excluding hydrogens is 376 g/mol. The van der Waals surface area contributed by atoms with E-state index in [9.17, 15) is 5.11 Å². The first-order valence-corrected chi connectivity index (χ1v) is 11.0. The van der Waals surface area contributed by atoms with Gasteiger partial charge in [0.05, 0.1) is 0 Å². The number of likely N-dealkylation sites (tertiary alicyclic amines) is 1. The van der Waals surface area contributed by atoms with E-state index >= 15 is 0 Å². The number of rotatable bonds is 8. The third kappa shape index (κ3) is 7.11. The van der Waals surface area contributed by atoms with Crippen molar-refractivity contribution in [1.29, 1.82) is 0 Å². The molecule has 1 aromatic heterocycles. The molecule has 2 fully saturated rings. The van der Waals surface area contributed by atoms with E-state index < -0.39 is 0 Å². The van der Waals surface area contributed by atoms with E-state index in [2.05, 4.69) is 27.0 Å². The summed E-state index contributed by atoms with van der Waals surface area (Å²) in [6.45, 7) is 4.83. The largest absolute Gasteiger partial charge is 0.508 e. The van der Waals surface area contributed by atoms with Crippen molar-refractivity contribution in [2.45, 2.75) is 44.1 Å². The Morgan fingerprint density at radius 3 is 2.60 bits per heavy atom. The molecule has 4 N–H and O–H groups in total. The number of amides is 1. The summed E-state index contributed by atoms with van der Waals surface area (Å²) in [5, 5.41) is 13.1. The number of phenols is 1. The molecule has 162 valence electrons. The van der Waals surface area contributed by atoms with Crippen LogP contribution in [0.15, 0.2) is 48.8 Å². The van der Waals surface area contributed by atoms with Gasteiger partial charge in [0, 0.05) is 24.4 Å². The normalized spacial score (nSPS) is 21.5. The standard InChI is InChI=1S/C23H31N3O.CH3NO/c27-21-7-5-18(6-8-21)3-2-12-26-13-9-19(10-14-26)16-25-23-15-22(23)20-4-1-11-24-17-20;2-1-3/h1,4-8,11,17,19,22-23,25,27H,2-3,9-10,12-16H2;1H,(H2,2,3). The molecule has 4 rings (SSSR count). The molecule has 2 aliphatic rings. The van der Waals surface area contributed by atoms with Crippen molar-refractivity contribution in [2.75, 3.05) is 26.2 Å². The third-order valence-corrected chi connectivity index (χ3v) is 6.16. The number of aromatic hydroxyl groups is 1. The van der Waals surface area contributed by atoms with Crippen LogP contribution in [-0.4, -0.2) is 53.6 Å². The molecule has 6 nitrogen and oxygen atoms in total. The Morgan fingerprint density at radius 1 is 1.20 bits per heavy atom. The van der Waals surface area contributed by atoms with Gasteiger partial charge in [-0.2, -0.15) is 0 Å². The van der Waals surface area contributed by atoms with E-state index in [0.29, 0.717) is 17.7 Å². The first-order chi connectivity index (χ1) is 14.7. The topological polar surface area (TPSA) is 91.5 Å². The SMILES string of the molecule is NC=O.Oc1ccc(CCCN2CCC(CNC3CC3c3cccnc3)CC2)cc1. The fourth-order valence-electron chi connectivity index (χ4n) is 4.29. The molecule has 1 amide bonds. The predicted octanol–water partition coefficient (Wildman–Crippen LogP) is 2.68. The van der Waals surface area contributed by atoms with Crippen molar-refractivity contribution in [2.24, 2.45) is 11.7 Å². The maximum absolute atomic E-state index is 9.35. The van der Waals surface area contributed by atoms with Gasteiger partial charge in [-0.3, -0.25) is 9.78 Å². The Bertz CT molecular complexity index is 746. The van der Waals surface area contributed by atoms with E-state index in [0.717, 1.165) is 12.3 Å². The van der Waals surface area contributed by atoms with Crippen molar-refractivity contribution in [3.63, 3.8) is 0 Å². The number of aryl methyl sites for hydroxylation is 1. The van der Waals surface area contributed by atoms with Gasteiger partial charge >= 0.3 is 0 Å². The molecule has 2 unspecified atom stereocenters. The molecule has 2 heterocycles. The minimum atomic E-state index is 0.250. The van der Waals surface area contributed by atoms with Gasteiger partial charge < -0.3 is 21.1 Å². The maximum atomic E-state index is 9.35. The Morgan fingerprint density at radius 2 is 1.93 bits per heavy atom.